The number of nitrogens with zero attached hydrogens (tertiary/aromatic N) is 4. The highest BCUT2D eigenvalue weighted by Crippen LogP contribution is 2.28. The quantitative estimate of drug-likeness (QED) is 0.748. The van der Waals surface area contributed by atoms with E-state index in [0.29, 0.717) is 36.0 Å². The molecule has 4 heterocycles. The van der Waals surface area contributed by atoms with Gasteiger partial charge in [-0.2, -0.15) is 5.26 Å². The number of H-pyrrole nitrogens is 1. The molecule has 4 rings (SSSR count). The summed E-state index contributed by atoms with van der Waals surface area (Å²) in [6.07, 6.45) is 6.33. The predicted molar refractivity (Wildman–Crippen MR) is 96.2 cm³/mol. The van der Waals surface area contributed by atoms with Gasteiger partial charge in [0.2, 0.25) is 0 Å². The van der Waals surface area contributed by atoms with Crippen LogP contribution >= 0.6 is 0 Å². The highest BCUT2D eigenvalue weighted by molar-refractivity contribution is 7.85. The molecule has 3 aromatic rings. The maximum atomic E-state index is 11.6. The van der Waals surface area contributed by atoms with E-state index in [0.717, 1.165) is 16.6 Å². The molecule has 1 aliphatic heterocycles. The summed E-state index contributed by atoms with van der Waals surface area (Å²) in [4.78, 5) is 16.3. The number of nitrogens with one attached hydrogen (secondary N) is 2. The lowest BCUT2D eigenvalue weighted by atomic mass is 9.94. The summed E-state index contributed by atoms with van der Waals surface area (Å²) in [6.45, 7) is 0. The van der Waals surface area contributed by atoms with Gasteiger partial charge in [0.05, 0.1) is 6.07 Å². The average Bonchev–Trinajstić information content (AvgIpc) is 3.08. The second-order valence-corrected chi connectivity index (χ2v) is 7.73. The summed E-state index contributed by atoms with van der Waals surface area (Å²) in [5, 5.41) is 13.8. The van der Waals surface area contributed by atoms with Gasteiger partial charge in [0.25, 0.3) is 0 Å². The number of rotatable bonds is 3. The fraction of sp³-hybridized carbons (Fsp3) is 0.294. The molecular formula is C17H16N6OS. The molecular weight excluding hydrogens is 336 g/mol. The van der Waals surface area contributed by atoms with E-state index >= 15 is 0 Å². The standard InChI is InChI=1S/C17H16N6OS/c18-11-17(4-8-25(24)9-5-17)23-14-3-7-20-16(22-14)13-10-21-15-12(13)2-1-6-19-15/h1-3,6-7,10H,4-5,8-9H2,(H,19,21)(H,20,22,23). The van der Waals surface area contributed by atoms with Crippen molar-refractivity contribution in [2.75, 3.05) is 16.8 Å². The van der Waals surface area contributed by atoms with Crippen molar-refractivity contribution in [3.05, 3.63) is 36.8 Å². The summed E-state index contributed by atoms with van der Waals surface area (Å²) in [5.74, 6) is 2.23. The van der Waals surface area contributed by atoms with Crippen molar-refractivity contribution in [3.63, 3.8) is 0 Å². The summed E-state index contributed by atoms with van der Waals surface area (Å²) >= 11 is 0. The normalized spacial score (nSPS) is 23.2. The Labute approximate surface area is 147 Å². The second kappa shape index (κ2) is 6.26. The third-order valence-corrected chi connectivity index (χ3v) is 5.76. The minimum atomic E-state index is -0.826. The van der Waals surface area contributed by atoms with Crippen LogP contribution in [-0.4, -0.2) is 41.2 Å². The Morgan fingerprint density at radius 3 is 2.88 bits per heavy atom. The van der Waals surface area contributed by atoms with Crippen LogP contribution in [0.25, 0.3) is 22.4 Å². The van der Waals surface area contributed by atoms with Gasteiger partial charge in [0.1, 0.15) is 17.0 Å². The van der Waals surface area contributed by atoms with Crippen LogP contribution in [-0.2, 0) is 10.8 Å². The largest absolute Gasteiger partial charge is 0.352 e. The van der Waals surface area contributed by atoms with Gasteiger partial charge in [-0.05, 0) is 31.0 Å². The van der Waals surface area contributed by atoms with Crippen LogP contribution in [0.2, 0.25) is 0 Å². The number of hydrogen-bond donors (Lipinski definition) is 2. The van der Waals surface area contributed by atoms with E-state index in [2.05, 4.69) is 31.3 Å². The first-order valence-corrected chi connectivity index (χ1v) is 9.48. The smallest absolute Gasteiger partial charge is 0.163 e. The first kappa shape index (κ1) is 15.7. The van der Waals surface area contributed by atoms with Crippen molar-refractivity contribution in [1.29, 1.82) is 5.26 Å². The third-order valence-electron chi connectivity index (χ3n) is 4.44. The number of hydrogen-bond acceptors (Lipinski definition) is 6. The molecule has 7 nitrogen and oxygen atoms in total. The summed E-state index contributed by atoms with van der Waals surface area (Å²) in [6, 6.07) is 7.93. The van der Waals surface area contributed by atoms with Crippen molar-refractivity contribution >= 4 is 27.7 Å². The zero-order chi connectivity index (χ0) is 17.3. The van der Waals surface area contributed by atoms with E-state index in [9.17, 15) is 9.47 Å². The molecule has 0 aliphatic carbocycles. The molecule has 0 aromatic carbocycles. The predicted octanol–water partition coefficient (Wildman–Crippen LogP) is 2.24. The lowest BCUT2D eigenvalue weighted by Gasteiger charge is -2.31. The van der Waals surface area contributed by atoms with Gasteiger partial charge in [-0.25, -0.2) is 15.0 Å². The molecule has 1 saturated heterocycles. The zero-order valence-electron chi connectivity index (χ0n) is 13.4. The van der Waals surface area contributed by atoms with Gasteiger partial charge < -0.3 is 10.3 Å². The van der Waals surface area contributed by atoms with E-state index < -0.39 is 16.3 Å². The Balaban J connectivity index is 1.66. The summed E-state index contributed by atoms with van der Waals surface area (Å²) < 4.78 is 11.6. The Morgan fingerprint density at radius 2 is 2.08 bits per heavy atom. The van der Waals surface area contributed by atoms with Crippen LogP contribution in [0.3, 0.4) is 0 Å². The topological polar surface area (TPSA) is 107 Å². The van der Waals surface area contributed by atoms with Crippen LogP contribution in [0.15, 0.2) is 36.8 Å². The van der Waals surface area contributed by atoms with Gasteiger partial charge in [-0.1, -0.05) is 0 Å². The minimum absolute atomic E-state index is 0.534. The van der Waals surface area contributed by atoms with Gasteiger partial charge in [-0.15, -0.1) is 0 Å². The Hall–Kier alpha value is -2.79. The molecule has 0 atom stereocenters. The molecule has 25 heavy (non-hydrogen) atoms. The van der Waals surface area contributed by atoms with Crippen LogP contribution in [0.1, 0.15) is 12.8 Å². The maximum Gasteiger partial charge on any atom is 0.163 e. The lowest BCUT2D eigenvalue weighted by Crippen LogP contribution is -2.43. The monoisotopic (exact) mass is 352 g/mol. The molecule has 2 N–H and O–H groups in total. The molecule has 0 amide bonds. The summed E-state index contributed by atoms with van der Waals surface area (Å²) in [5.41, 5.74) is 0.923. The first-order chi connectivity index (χ1) is 12.2. The SMILES string of the molecule is N#CC1(Nc2ccnc(-c3c[nH]c4ncccc34)n2)CCS(=O)CC1. The van der Waals surface area contributed by atoms with Crippen molar-refractivity contribution < 1.29 is 4.21 Å². The van der Waals surface area contributed by atoms with Crippen molar-refractivity contribution in [1.82, 2.24) is 19.9 Å². The maximum absolute atomic E-state index is 11.6. The first-order valence-electron chi connectivity index (χ1n) is 7.99. The van der Waals surface area contributed by atoms with E-state index in [4.69, 9.17) is 0 Å². The third kappa shape index (κ3) is 2.98. The molecule has 0 saturated carbocycles. The van der Waals surface area contributed by atoms with Gasteiger partial charge in [-0.3, -0.25) is 4.21 Å². The number of pyridine rings is 1. The molecule has 1 aliphatic rings. The fourth-order valence-electron chi connectivity index (χ4n) is 3.01. The van der Waals surface area contributed by atoms with E-state index in [1.807, 2.05) is 18.3 Å². The molecule has 0 bridgehead atoms. The van der Waals surface area contributed by atoms with Gasteiger partial charge >= 0.3 is 0 Å². The Kier molecular flexibility index (Phi) is 3.93. The molecule has 126 valence electrons. The Bertz CT molecular complexity index is 982. The highest BCUT2D eigenvalue weighted by Gasteiger charge is 2.34. The average molecular weight is 352 g/mol. The molecule has 3 aromatic heterocycles. The number of anilines is 1. The lowest BCUT2D eigenvalue weighted by molar-refractivity contribution is 0.529. The van der Waals surface area contributed by atoms with Crippen LogP contribution in [0, 0.1) is 11.3 Å². The number of fused-ring (bicyclic) bond motifs is 1. The van der Waals surface area contributed by atoms with E-state index in [-0.39, 0.29) is 0 Å². The summed E-state index contributed by atoms with van der Waals surface area (Å²) in [7, 11) is -0.826. The number of aromatic nitrogens is 4. The molecule has 0 unspecified atom stereocenters. The van der Waals surface area contributed by atoms with Crippen LogP contribution in [0.5, 0.6) is 0 Å². The number of aromatic amines is 1. The zero-order valence-corrected chi connectivity index (χ0v) is 14.2. The van der Waals surface area contributed by atoms with E-state index in [1.165, 1.54) is 0 Å². The molecule has 0 radical (unpaired) electrons. The minimum Gasteiger partial charge on any atom is -0.352 e. The highest BCUT2D eigenvalue weighted by atomic mass is 32.2. The van der Waals surface area contributed by atoms with E-state index in [1.54, 1.807) is 18.5 Å². The van der Waals surface area contributed by atoms with Crippen molar-refractivity contribution in [2.24, 2.45) is 0 Å². The molecule has 0 spiro atoms. The van der Waals surface area contributed by atoms with Crippen molar-refractivity contribution in [2.45, 2.75) is 18.4 Å². The molecule has 1 fully saturated rings. The molecule has 8 heteroatoms. The fourth-order valence-corrected chi connectivity index (χ4v) is 4.37. The van der Waals surface area contributed by atoms with Gasteiger partial charge in [0.15, 0.2) is 5.82 Å². The van der Waals surface area contributed by atoms with Crippen molar-refractivity contribution in [3.8, 4) is 17.5 Å². The second-order valence-electron chi connectivity index (χ2n) is 6.03. The van der Waals surface area contributed by atoms with Gasteiger partial charge in [0, 0.05) is 51.8 Å². The Morgan fingerprint density at radius 1 is 1.24 bits per heavy atom. The number of nitriles is 1. The van der Waals surface area contributed by atoms with Crippen LogP contribution < -0.4 is 5.32 Å². The van der Waals surface area contributed by atoms with Crippen LogP contribution in [0.4, 0.5) is 5.82 Å².